The Morgan fingerprint density at radius 1 is 1.19 bits per heavy atom. The molecule has 0 atom stereocenters. The van der Waals surface area contributed by atoms with E-state index < -0.39 is 0 Å². The van der Waals surface area contributed by atoms with Gasteiger partial charge in [0.2, 0.25) is 5.88 Å². The van der Waals surface area contributed by atoms with Crippen molar-refractivity contribution in [2.45, 2.75) is 26.9 Å². The summed E-state index contributed by atoms with van der Waals surface area (Å²) in [6.07, 6.45) is 0.842. The van der Waals surface area contributed by atoms with E-state index in [-0.39, 0.29) is 29.9 Å². The number of nitrogens with zero attached hydrogens (tertiary/aromatic N) is 3. The smallest absolute Gasteiger partial charge is 0.271 e. The molecule has 0 saturated carbocycles. The van der Waals surface area contributed by atoms with Gasteiger partial charge in [-0.25, -0.2) is 4.39 Å². The molecule has 0 fully saturated rings. The molecule has 7 nitrogen and oxygen atoms in total. The predicted molar refractivity (Wildman–Crippen MR) is 95.6 cm³/mol. The molecular formula is C19H19FN4O3. The topological polar surface area (TPSA) is 90.1 Å². The summed E-state index contributed by atoms with van der Waals surface area (Å²) in [5.74, 6) is 0.269. The zero-order valence-corrected chi connectivity index (χ0v) is 15.0. The maximum absolute atomic E-state index is 13.1. The quantitative estimate of drug-likeness (QED) is 0.686. The van der Waals surface area contributed by atoms with Gasteiger partial charge in [0.05, 0.1) is 5.56 Å². The van der Waals surface area contributed by atoms with Crippen LogP contribution in [0.1, 0.15) is 35.2 Å². The van der Waals surface area contributed by atoms with E-state index in [4.69, 9.17) is 9.26 Å². The van der Waals surface area contributed by atoms with E-state index in [9.17, 15) is 9.18 Å². The van der Waals surface area contributed by atoms with Gasteiger partial charge in [0.1, 0.15) is 23.9 Å². The minimum atomic E-state index is -0.324. The number of hydrogen-bond acceptors (Lipinski definition) is 6. The van der Waals surface area contributed by atoms with E-state index in [1.807, 2.05) is 6.92 Å². The largest absolute Gasteiger partial charge is 0.472 e. The molecule has 0 saturated heterocycles. The predicted octanol–water partition coefficient (Wildman–Crippen LogP) is 3.30. The van der Waals surface area contributed by atoms with Crippen molar-refractivity contribution in [1.82, 2.24) is 20.7 Å². The third-order valence-corrected chi connectivity index (χ3v) is 3.88. The number of nitrogens with one attached hydrogen (secondary N) is 1. The van der Waals surface area contributed by atoms with Crippen molar-refractivity contribution in [3.05, 3.63) is 59.2 Å². The molecule has 1 N–H and O–H groups in total. The molecule has 2 aromatic heterocycles. The third-order valence-electron chi connectivity index (χ3n) is 3.88. The van der Waals surface area contributed by atoms with Crippen molar-refractivity contribution >= 4 is 5.91 Å². The van der Waals surface area contributed by atoms with Gasteiger partial charge in [0.25, 0.3) is 5.91 Å². The number of benzene rings is 1. The van der Waals surface area contributed by atoms with Crippen LogP contribution in [0.25, 0.3) is 11.3 Å². The third kappa shape index (κ3) is 4.46. The number of amides is 1. The SMILES string of the molecule is CCCNC(=O)c1ccc(OCc2c(-c3ccc(F)cc3)noc2C)nn1. The zero-order valence-electron chi connectivity index (χ0n) is 15.0. The highest BCUT2D eigenvalue weighted by Gasteiger charge is 2.16. The van der Waals surface area contributed by atoms with Gasteiger partial charge >= 0.3 is 0 Å². The van der Waals surface area contributed by atoms with Crippen LogP contribution in [0.4, 0.5) is 4.39 Å². The average Bonchev–Trinajstić information content (AvgIpc) is 3.06. The summed E-state index contributed by atoms with van der Waals surface area (Å²) in [6.45, 7) is 4.47. The minimum Gasteiger partial charge on any atom is -0.472 e. The Balaban J connectivity index is 1.69. The van der Waals surface area contributed by atoms with Crippen molar-refractivity contribution in [2.75, 3.05) is 6.54 Å². The lowest BCUT2D eigenvalue weighted by molar-refractivity contribution is 0.0947. The van der Waals surface area contributed by atoms with Gasteiger partial charge in [-0.3, -0.25) is 4.79 Å². The fourth-order valence-corrected chi connectivity index (χ4v) is 2.39. The molecule has 27 heavy (non-hydrogen) atoms. The van der Waals surface area contributed by atoms with Crippen LogP contribution < -0.4 is 10.1 Å². The lowest BCUT2D eigenvalue weighted by Gasteiger charge is -2.06. The van der Waals surface area contributed by atoms with Crippen LogP contribution in [0.2, 0.25) is 0 Å². The van der Waals surface area contributed by atoms with Gasteiger partial charge in [0, 0.05) is 18.2 Å². The van der Waals surface area contributed by atoms with Crippen molar-refractivity contribution in [3.8, 4) is 17.1 Å². The highest BCUT2D eigenvalue weighted by atomic mass is 19.1. The zero-order chi connectivity index (χ0) is 19.2. The molecule has 2 heterocycles. The van der Waals surface area contributed by atoms with Crippen molar-refractivity contribution in [3.63, 3.8) is 0 Å². The fourth-order valence-electron chi connectivity index (χ4n) is 2.39. The molecule has 3 aromatic rings. The summed E-state index contributed by atoms with van der Waals surface area (Å²) in [5.41, 5.74) is 2.26. The molecular weight excluding hydrogens is 351 g/mol. The molecule has 1 aromatic carbocycles. The van der Waals surface area contributed by atoms with Gasteiger partial charge in [-0.2, -0.15) is 0 Å². The first-order valence-electron chi connectivity index (χ1n) is 8.54. The Kier molecular flexibility index (Phi) is 5.75. The van der Waals surface area contributed by atoms with Crippen LogP contribution in [0, 0.1) is 12.7 Å². The number of halogens is 1. The molecule has 1 amide bonds. The first-order valence-corrected chi connectivity index (χ1v) is 8.54. The van der Waals surface area contributed by atoms with Gasteiger partial charge in [-0.05, 0) is 43.7 Å². The van der Waals surface area contributed by atoms with E-state index >= 15 is 0 Å². The number of aromatic nitrogens is 3. The molecule has 0 spiro atoms. The Bertz CT molecular complexity index is 908. The maximum Gasteiger partial charge on any atom is 0.271 e. The number of rotatable bonds is 7. The molecule has 0 aliphatic heterocycles. The summed E-state index contributed by atoms with van der Waals surface area (Å²) < 4.78 is 24.0. The number of carbonyl (C=O) groups excluding carboxylic acids is 1. The average molecular weight is 370 g/mol. The molecule has 0 unspecified atom stereocenters. The Hall–Kier alpha value is -3.29. The Morgan fingerprint density at radius 2 is 1.96 bits per heavy atom. The van der Waals surface area contributed by atoms with Gasteiger partial charge in [-0.1, -0.05) is 12.1 Å². The maximum atomic E-state index is 13.1. The molecule has 0 aliphatic carbocycles. The second kappa shape index (κ2) is 8.39. The second-order valence-corrected chi connectivity index (χ2v) is 5.87. The van der Waals surface area contributed by atoms with Crippen molar-refractivity contribution < 1.29 is 18.4 Å². The Labute approximate surface area is 155 Å². The van der Waals surface area contributed by atoms with E-state index in [0.717, 1.165) is 17.5 Å². The molecule has 3 rings (SSSR count). The molecule has 8 heteroatoms. The normalized spacial score (nSPS) is 10.6. The van der Waals surface area contributed by atoms with Crippen LogP contribution in [0.15, 0.2) is 40.9 Å². The number of carbonyl (C=O) groups is 1. The van der Waals surface area contributed by atoms with Gasteiger partial charge in [0.15, 0.2) is 5.69 Å². The number of hydrogen-bond donors (Lipinski definition) is 1. The first kappa shape index (κ1) is 18.5. The van der Waals surface area contributed by atoms with Crippen molar-refractivity contribution in [2.24, 2.45) is 0 Å². The summed E-state index contributed by atoms with van der Waals surface area (Å²) in [4.78, 5) is 11.8. The van der Waals surface area contributed by atoms with Crippen LogP contribution >= 0.6 is 0 Å². The fraction of sp³-hybridized carbons (Fsp3) is 0.263. The molecule has 140 valence electrons. The lowest BCUT2D eigenvalue weighted by atomic mass is 10.1. The van der Waals surface area contributed by atoms with Gasteiger partial charge in [-0.15, -0.1) is 10.2 Å². The highest BCUT2D eigenvalue weighted by Crippen LogP contribution is 2.26. The minimum absolute atomic E-state index is 0.151. The molecule has 0 bridgehead atoms. The van der Waals surface area contributed by atoms with Crippen LogP contribution in [0.5, 0.6) is 5.88 Å². The molecule has 0 aliphatic rings. The summed E-state index contributed by atoms with van der Waals surface area (Å²) in [6, 6.07) is 9.10. The summed E-state index contributed by atoms with van der Waals surface area (Å²) in [7, 11) is 0. The first-order chi connectivity index (χ1) is 13.1. The Morgan fingerprint density at radius 3 is 2.63 bits per heavy atom. The standard InChI is InChI=1S/C19H19FN4O3/c1-3-10-21-19(25)16-8-9-17(23-22-16)26-11-15-12(2)27-24-18(15)13-4-6-14(20)7-5-13/h4-9H,3,10-11H2,1-2H3,(H,21,25). The van der Waals surface area contributed by atoms with E-state index in [1.165, 1.54) is 12.1 Å². The van der Waals surface area contributed by atoms with Crippen LogP contribution in [-0.4, -0.2) is 27.8 Å². The van der Waals surface area contributed by atoms with Crippen LogP contribution in [-0.2, 0) is 6.61 Å². The number of ether oxygens (including phenoxy) is 1. The number of aryl methyl sites for hydroxylation is 1. The second-order valence-electron chi connectivity index (χ2n) is 5.87. The van der Waals surface area contributed by atoms with Gasteiger partial charge < -0.3 is 14.6 Å². The monoisotopic (exact) mass is 370 g/mol. The summed E-state index contributed by atoms with van der Waals surface area (Å²) in [5, 5.41) is 14.6. The van der Waals surface area contributed by atoms with E-state index in [0.29, 0.717) is 18.0 Å². The molecule has 0 radical (unpaired) electrons. The van der Waals surface area contributed by atoms with Crippen molar-refractivity contribution in [1.29, 1.82) is 0 Å². The lowest BCUT2D eigenvalue weighted by Crippen LogP contribution is -2.25. The van der Waals surface area contributed by atoms with E-state index in [1.54, 1.807) is 31.2 Å². The van der Waals surface area contributed by atoms with E-state index in [2.05, 4.69) is 20.7 Å². The van der Waals surface area contributed by atoms with Crippen LogP contribution in [0.3, 0.4) is 0 Å². The highest BCUT2D eigenvalue weighted by molar-refractivity contribution is 5.92. The summed E-state index contributed by atoms with van der Waals surface area (Å²) >= 11 is 0.